The molecule has 3 aromatic rings. The van der Waals surface area contributed by atoms with Crippen LogP contribution in [0, 0.1) is 6.92 Å². The van der Waals surface area contributed by atoms with Gasteiger partial charge in [-0.15, -0.1) is 0 Å². The average Bonchev–Trinajstić information content (AvgIpc) is 2.57. The maximum atomic E-state index is 12.5. The van der Waals surface area contributed by atoms with E-state index in [0.29, 0.717) is 11.3 Å². The van der Waals surface area contributed by atoms with Crippen molar-refractivity contribution in [1.82, 2.24) is 5.32 Å². The number of carbonyl (C=O) groups excluding carboxylic acids is 1. The largest absolute Gasteiger partial charge is 0.506 e. The van der Waals surface area contributed by atoms with Crippen LogP contribution in [-0.2, 0) is 0 Å². The van der Waals surface area contributed by atoms with Crippen LogP contribution in [0.15, 0.2) is 60.7 Å². The Balaban J connectivity index is 1.79. The smallest absolute Gasteiger partial charge is 0.258 e. The maximum absolute atomic E-state index is 12.5. The first-order valence-corrected chi connectivity index (χ1v) is 7.85. The number of benzene rings is 3. The quantitative estimate of drug-likeness (QED) is 0.489. The Kier molecular flexibility index (Phi) is 4.44. The first-order valence-electron chi connectivity index (χ1n) is 7.44. The van der Waals surface area contributed by atoms with Crippen LogP contribution in [0.25, 0.3) is 10.8 Å². The van der Waals surface area contributed by atoms with Gasteiger partial charge in [0.2, 0.25) is 0 Å². The number of phenolic OH excluding ortho intramolecular Hbond substituents is 1. The van der Waals surface area contributed by atoms with E-state index >= 15 is 0 Å². The van der Waals surface area contributed by atoms with E-state index in [1.165, 1.54) is 0 Å². The summed E-state index contributed by atoms with van der Waals surface area (Å²) in [7, 11) is 0. The third-order valence-electron chi connectivity index (χ3n) is 3.66. The molecule has 3 N–H and O–H groups in total. The molecule has 5 heteroatoms. The van der Waals surface area contributed by atoms with Gasteiger partial charge < -0.3 is 10.4 Å². The highest BCUT2D eigenvalue weighted by Crippen LogP contribution is 2.24. The van der Waals surface area contributed by atoms with Crippen molar-refractivity contribution in [2.45, 2.75) is 6.92 Å². The first kappa shape index (κ1) is 16.0. The lowest BCUT2D eigenvalue weighted by Crippen LogP contribution is -2.34. The number of nitrogens with one attached hydrogen (secondary N) is 2. The number of fused-ring (bicyclic) bond motifs is 1. The number of hydrogen-bond acceptors (Lipinski definition) is 3. The van der Waals surface area contributed by atoms with Gasteiger partial charge in [-0.1, -0.05) is 42.5 Å². The zero-order valence-corrected chi connectivity index (χ0v) is 13.9. The van der Waals surface area contributed by atoms with Gasteiger partial charge in [0.05, 0.1) is 5.69 Å². The maximum Gasteiger partial charge on any atom is 0.258 e. The van der Waals surface area contributed by atoms with Gasteiger partial charge in [0.1, 0.15) is 5.75 Å². The zero-order valence-electron chi connectivity index (χ0n) is 13.0. The van der Waals surface area contributed by atoms with E-state index in [9.17, 15) is 9.90 Å². The summed E-state index contributed by atoms with van der Waals surface area (Å²) < 4.78 is 0. The van der Waals surface area contributed by atoms with Gasteiger partial charge in [-0.3, -0.25) is 10.1 Å². The van der Waals surface area contributed by atoms with Crippen LogP contribution in [0.5, 0.6) is 5.75 Å². The predicted octanol–water partition coefficient (Wildman–Crippen LogP) is 3.98. The molecular weight excluding hydrogens is 320 g/mol. The van der Waals surface area contributed by atoms with Crippen LogP contribution < -0.4 is 10.6 Å². The number of anilines is 1. The van der Waals surface area contributed by atoms with Crippen molar-refractivity contribution in [2.75, 3.05) is 5.32 Å². The molecule has 4 nitrogen and oxygen atoms in total. The summed E-state index contributed by atoms with van der Waals surface area (Å²) >= 11 is 5.18. The van der Waals surface area contributed by atoms with E-state index in [4.69, 9.17) is 12.2 Å². The fourth-order valence-electron chi connectivity index (χ4n) is 2.50. The molecule has 0 saturated heterocycles. The van der Waals surface area contributed by atoms with E-state index in [1.54, 1.807) is 24.3 Å². The van der Waals surface area contributed by atoms with E-state index in [2.05, 4.69) is 10.6 Å². The Bertz CT molecular complexity index is 932. The van der Waals surface area contributed by atoms with E-state index < -0.39 is 0 Å². The molecule has 1 amide bonds. The Labute approximate surface area is 145 Å². The fourth-order valence-corrected chi connectivity index (χ4v) is 2.70. The molecule has 0 aliphatic rings. The third-order valence-corrected chi connectivity index (χ3v) is 3.87. The van der Waals surface area contributed by atoms with Gasteiger partial charge >= 0.3 is 0 Å². The molecule has 0 aromatic heterocycles. The molecule has 0 fully saturated rings. The van der Waals surface area contributed by atoms with Crippen molar-refractivity contribution in [3.05, 3.63) is 71.8 Å². The van der Waals surface area contributed by atoms with E-state index in [-0.39, 0.29) is 16.8 Å². The van der Waals surface area contributed by atoms with Crippen LogP contribution in [0.4, 0.5) is 5.69 Å². The summed E-state index contributed by atoms with van der Waals surface area (Å²) in [6.07, 6.45) is 0. The van der Waals surface area contributed by atoms with E-state index in [1.807, 2.05) is 43.3 Å². The van der Waals surface area contributed by atoms with Crippen LogP contribution >= 0.6 is 12.2 Å². The highest BCUT2D eigenvalue weighted by molar-refractivity contribution is 7.80. The number of aryl methyl sites for hydroxylation is 1. The zero-order chi connectivity index (χ0) is 17.1. The second-order valence-corrected chi connectivity index (χ2v) is 5.86. The number of amides is 1. The Morgan fingerprint density at radius 2 is 1.79 bits per heavy atom. The molecule has 0 spiro atoms. The summed E-state index contributed by atoms with van der Waals surface area (Å²) in [5.41, 5.74) is 1.97. The summed E-state index contributed by atoms with van der Waals surface area (Å²) in [5, 5.41) is 17.3. The summed E-state index contributed by atoms with van der Waals surface area (Å²) in [4.78, 5) is 12.5. The Hall–Kier alpha value is -2.92. The average molecular weight is 336 g/mol. The minimum Gasteiger partial charge on any atom is -0.506 e. The lowest BCUT2D eigenvalue weighted by molar-refractivity contribution is 0.0979. The molecule has 3 aromatic carbocycles. The molecule has 0 aliphatic carbocycles. The van der Waals surface area contributed by atoms with Gasteiger partial charge in [-0.25, -0.2) is 0 Å². The minimum absolute atomic E-state index is 0.0716. The molecule has 120 valence electrons. The topological polar surface area (TPSA) is 61.4 Å². The molecule has 24 heavy (non-hydrogen) atoms. The lowest BCUT2D eigenvalue weighted by atomic mass is 10.0. The van der Waals surface area contributed by atoms with Gasteiger partial charge in [-0.2, -0.15) is 0 Å². The Morgan fingerprint density at radius 3 is 2.62 bits per heavy atom. The van der Waals surface area contributed by atoms with Crippen LogP contribution in [0.3, 0.4) is 0 Å². The van der Waals surface area contributed by atoms with Crippen molar-refractivity contribution in [3.63, 3.8) is 0 Å². The number of aromatic hydroxyl groups is 1. The number of phenols is 1. The standard InChI is InChI=1S/C19H16N2O2S/c1-12-9-10-17(22)16(11-12)20-19(24)21-18(23)15-8-4-6-13-5-2-3-7-14(13)15/h2-11,22H,1H3,(H2,20,21,23,24). The molecule has 0 aliphatic heterocycles. The molecular formula is C19H16N2O2S. The van der Waals surface area contributed by atoms with Crippen molar-refractivity contribution in [1.29, 1.82) is 0 Å². The normalized spacial score (nSPS) is 10.4. The number of thiocarbonyl (C=S) groups is 1. The van der Waals surface area contributed by atoms with Crippen molar-refractivity contribution >= 4 is 39.7 Å². The molecule has 0 bridgehead atoms. The van der Waals surface area contributed by atoms with Crippen molar-refractivity contribution < 1.29 is 9.90 Å². The van der Waals surface area contributed by atoms with E-state index in [0.717, 1.165) is 16.3 Å². The summed E-state index contributed by atoms with van der Waals surface area (Å²) in [5.74, 6) is -0.223. The molecule has 3 rings (SSSR count). The second kappa shape index (κ2) is 6.68. The van der Waals surface area contributed by atoms with Crippen LogP contribution in [-0.4, -0.2) is 16.1 Å². The second-order valence-electron chi connectivity index (χ2n) is 5.46. The highest BCUT2D eigenvalue weighted by atomic mass is 32.1. The Morgan fingerprint density at radius 1 is 1.04 bits per heavy atom. The molecule has 0 unspecified atom stereocenters. The van der Waals surface area contributed by atoms with Gasteiger partial charge in [0, 0.05) is 5.56 Å². The number of rotatable bonds is 2. The van der Waals surface area contributed by atoms with Gasteiger partial charge in [0.15, 0.2) is 5.11 Å². The van der Waals surface area contributed by atoms with Gasteiger partial charge in [-0.05, 0) is 53.7 Å². The summed E-state index contributed by atoms with van der Waals surface area (Å²) in [6, 6.07) is 18.3. The minimum atomic E-state index is -0.295. The number of hydrogen-bond donors (Lipinski definition) is 3. The van der Waals surface area contributed by atoms with Crippen LogP contribution in [0.1, 0.15) is 15.9 Å². The number of carbonyl (C=O) groups is 1. The predicted molar refractivity (Wildman–Crippen MR) is 100 cm³/mol. The van der Waals surface area contributed by atoms with Gasteiger partial charge in [0.25, 0.3) is 5.91 Å². The van der Waals surface area contributed by atoms with Crippen molar-refractivity contribution in [2.24, 2.45) is 0 Å². The lowest BCUT2D eigenvalue weighted by Gasteiger charge is -2.12. The summed E-state index contributed by atoms with van der Waals surface area (Å²) in [6.45, 7) is 1.91. The molecule has 0 saturated carbocycles. The molecule has 0 atom stereocenters. The highest BCUT2D eigenvalue weighted by Gasteiger charge is 2.12. The molecule has 0 radical (unpaired) electrons. The fraction of sp³-hybridized carbons (Fsp3) is 0.0526. The molecule has 0 heterocycles. The monoisotopic (exact) mass is 336 g/mol. The first-order chi connectivity index (χ1) is 11.5. The van der Waals surface area contributed by atoms with Crippen molar-refractivity contribution in [3.8, 4) is 5.75 Å². The van der Waals surface area contributed by atoms with Crippen LogP contribution in [0.2, 0.25) is 0 Å². The SMILES string of the molecule is Cc1ccc(O)c(NC(=S)NC(=O)c2cccc3ccccc23)c1. The third kappa shape index (κ3) is 3.36.